The second-order valence-corrected chi connectivity index (χ2v) is 5.82. The van der Waals surface area contributed by atoms with Crippen LogP contribution in [0, 0.1) is 11.8 Å². The van der Waals surface area contributed by atoms with Crippen LogP contribution in [-0.2, 0) is 12.4 Å². The van der Waals surface area contributed by atoms with Crippen LogP contribution in [-0.4, -0.2) is 4.98 Å². The van der Waals surface area contributed by atoms with Crippen LogP contribution in [0.15, 0.2) is 66.7 Å². The second kappa shape index (κ2) is 7.39. The van der Waals surface area contributed by atoms with E-state index >= 15 is 0 Å². The Labute approximate surface area is 156 Å². The van der Waals surface area contributed by atoms with E-state index in [0.29, 0.717) is 11.6 Å². The molecule has 0 aliphatic rings. The number of halogens is 6. The van der Waals surface area contributed by atoms with Crippen molar-refractivity contribution in [1.29, 1.82) is 0 Å². The number of pyridine rings is 1. The number of nitrogens with zero attached hydrogens (tertiary/aromatic N) is 1. The molecule has 0 spiro atoms. The molecule has 3 rings (SSSR count). The van der Waals surface area contributed by atoms with Gasteiger partial charge in [0.25, 0.3) is 0 Å². The molecule has 0 aliphatic heterocycles. The van der Waals surface area contributed by atoms with Gasteiger partial charge in [0.1, 0.15) is 5.69 Å². The van der Waals surface area contributed by atoms with Crippen LogP contribution in [0.1, 0.15) is 22.4 Å². The molecule has 2 aromatic carbocycles. The maximum absolute atomic E-state index is 13.0. The van der Waals surface area contributed by atoms with Gasteiger partial charge in [-0.15, -0.1) is 0 Å². The highest BCUT2D eigenvalue weighted by atomic mass is 19.4. The lowest BCUT2D eigenvalue weighted by Gasteiger charge is -2.13. The third-order valence-electron chi connectivity index (χ3n) is 3.75. The van der Waals surface area contributed by atoms with E-state index in [0.717, 1.165) is 5.56 Å². The third kappa shape index (κ3) is 4.71. The van der Waals surface area contributed by atoms with Gasteiger partial charge in [-0.1, -0.05) is 42.2 Å². The topological polar surface area (TPSA) is 12.9 Å². The minimum atomic E-state index is -4.99. The van der Waals surface area contributed by atoms with Gasteiger partial charge in [-0.25, -0.2) is 4.98 Å². The van der Waals surface area contributed by atoms with Crippen LogP contribution >= 0.6 is 0 Å². The molecule has 0 fully saturated rings. The molecule has 1 aromatic heterocycles. The lowest BCUT2D eigenvalue weighted by atomic mass is 10.1. The molecule has 1 nitrogen and oxygen atoms in total. The number of hydrogen-bond acceptors (Lipinski definition) is 1. The number of benzene rings is 2. The normalized spacial score (nSPS) is 11.6. The first kappa shape index (κ1) is 19.5. The van der Waals surface area contributed by atoms with E-state index in [-0.39, 0.29) is 11.6 Å². The Balaban J connectivity index is 1.96. The molecule has 0 saturated heterocycles. The molecule has 28 heavy (non-hydrogen) atoms. The van der Waals surface area contributed by atoms with Gasteiger partial charge in [-0.2, -0.15) is 26.3 Å². The molecular formula is C21H11F6N. The quantitative estimate of drug-likeness (QED) is 0.356. The number of alkyl halides is 6. The highest BCUT2D eigenvalue weighted by Gasteiger charge is 2.38. The van der Waals surface area contributed by atoms with Gasteiger partial charge >= 0.3 is 12.4 Å². The molecule has 0 radical (unpaired) electrons. The minimum absolute atomic E-state index is 0.00318. The fraction of sp³-hybridized carbons (Fsp3) is 0.0952. The molecule has 0 N–H and O–H groups in total. The third-order valence-corrected chi connectivity index (χ3v) is 3.75. The van der Waals surface area contributed by atoms with E-state index in [4.69, 9.17) is 0 Å². The van der Waals surface area contributed by atoms with E-state index in [9.17, 15) is 26.3 Å². The Morgan fingerprint density at radius 2 is 1.21 bits per heavy atom. The molecule has 1 heterocycles. The van der Waals surface area contributed by atoms with Crippen molar-refractivity contribution >= 4 is 0 Å². The van der Waals surface area contributed by atoms with Gasteiger partial charge < -0.3 is 0 Å². The number of aromatic nitrogens is 1. The van der Waals surface area contributed by atoms with Crippen LogP contribution in [0.25, 0.3) is 11.3 Å². The van der Waals surface area contributed by atoms with Crippen LogP contribution in [0.2, 0.25) is 0 Å². The number of hydrogen-bond donors (Lipinski definition) is 0. The molecule has 0 atom stereocenters. The fourth-order valence-electron chi connectivity index (χ4n) is 2.38. The molecule has 0 amide bonds. The Hall–Kier alpha value is -3.27. The monoisotopic (exact) mass is 391 g/mol. The summed E-state index contributed by atoms with van der Waals surface area (Å²) in [6, 6.07) is 15.5. The maximum Gasteiger partial charge on any atom is 0.433 e. The van der Waals surface area contributed by atoms with Gasteiger partial charge in [0.15, 0.2) is 0 Å². The van der Waals surface area contributed by atoms with Crippen LogP contribution < -0.4 is 0 Å². The van der Waals surface area contributed by atoms with E-state index in [1.54, 1.807) is 0 Å². The molecule has 0 unspecified atom stereocenters. The molecule has 7 heteroatoms. The summed E-state index contributed by atoms with van der Waals surface area (Å²) in [6.45, 7) is 0. The lowest BCUT2D eigenvalue weighted by molar-refractivity contribution is -0.145. The summed E-state index contributed by atoms with van der Waals surface area (Å²) >= 11 is 0. The van der Waals surface area contributed by atoms with E-state index < -0.39 is 29.3 Å². The van der Waals surface area contributed by atoms with Crippen LogP contribution in [0.5, 0.6) is 0 Å². The summed E-state index contributed by atoms with van der Waals surface area (Å²) in [5.74, 6) is 5.80. The van der Waals surface area contributed by atoms with E-state index in [1.165, 1.54) is 24.3 Å². The molecule has 142 valence electrons. The van der Waals surface area contributed by atoms with Crippen molar-refractivity contribution in [3.05, 3.63) is 89.1 Å². The Morgan fingerprint density at radius 1 is 0.643 bits per heavy atom. The molecule has 3 aromatic rings. The predicted molar refractivity (Wildman–Crippen MR) is 92.1 cm³/mol. The van der Waals surface area contributed by atoms with Crippen LogP contribution in [0.4, 0.5) is 26.3 Å². The Morgan fingerprint density at radius 3 is 1.75 bits per heavy atom. The second-order valence-electron chi connectivity index (χ2n) is 5.82. The summed E-state index contributed by atoms with van der Waals surface area (Å²) in [6.07, 6.45) is -9.91. The molecule has 0 bridgehead atoms. The molecule has 0 saturated carbocycles. The Bertz CT molecular complexity index is 991. The summed E-state index contributed by atoms with van der Waals surface area (Å²) in [5.41, 5.74) is -1.94. The van der Waals surface area contributed by atoms with Crippen molar-refractivity contribution in [2.24, 2.45) is 0 Å². The first-order valence-electron chi connectivity index (χ1n) is 7.97. The minimum Gasteiger partial charge on any atom is -0.243 e. The van der Waals surface area contributed by atoms with Gasteiger partial charge in [0.2, 0.25) is 0 Å². The summed E-state index contributed by atoms with van der Waals surface area (Å²) in [4.78, 5) is 3.35. The number of rotatable bonds is 1. The smallest absolute Gasteiger partial charge is 0.243 e. The van der Waals surface area contributed by atoms with E-state index in [2.05, 4.69) is 16.8 Å². The highest BCUT2D eigenvalue weighted by molar-refractivity contribution is 5.62. The zero-order valence-corrected chi connectivity index (χ0v) is 14.1. The summed E-state index contributed by atoms with van der Waals surface area (Å²) in [7, 11) is 0. The summed E-state index contributed by atoms with van der Waals surface area (Å²) in [5, 5.41) is 0. The van der Waals surface area contributed by atoms with Crippen molar-refractivity contribution in [2.45, 2.75) is 12.4 Å². The largest absolute Gasteiger partial charge is 0.433 e. The van der Waals surface area contributed by atoms with Crippen LogP contribution in [0.3, 0.4) is 0 Å². The van der Waals surface area contributed by atoms with Gasteiger partial charge in [-0.05, 0) is 36.4 Å². The average Bonchev–Trinajstić information content (AvgIpc) is 2.66. The van der Waals surface area contributed by atoms with Gasteiger partial charge in [-0.3, -0.25) is 0 Å². The summed E-state index contributed by atoms with van der Waals surface area (Å²) < 4.78 is 77.7. The molecule has 0 aliphatic carbocycles. The SMILES string of the molecule is FC(F)(F)c1cc(-c2ccc(C#Cc3ccccc3)cc2)nc(C(F)(F)F)c1. The predicted octanol–water partition coefficient (Wildman–Crippen LogP) is 6.19. The highest BCUT2D eigenvalue weighted by Crippen LogP contribution is 2.36. The average molecular weight is 391 g/mol. The van der Waals surface area contributed by atoms with Gasteiger partial charge in [0.05, 0.1) is 11.3 Å². The first-order valence-corrected chi connectivity index (χ1v) is 7.97. The zero-order chi connectivity index (χ0) is 20.4. The maximum atomic E-state index is 13.0. The lowest BCUT2D eigenvalue weighted by Crippen LogP contribution is -2.13. The molecular weight excluding hydrogens is 380 g/mol. The fourth-order valence-corrected chi connectivity index (χ4v) is 2.38. The van der Waals surface area contributed by atoms with Crippen molar-refractivity contribution in [2.75, 3.05) is 0 Å². The van der Waals surface area contributed by atoms with Gasteiger partial charge in [0, 0.05) is 16.7 Å². The first-order chi connectivity index (χ1) is 13.1. The standard InChI is InChI=1S/C21H11F6N/c22-20(23,24)17-12-18(28-19(13-17)21(25,26)27)16-10-8-15(9-11-16)7-6-14-4-2-1-3-5-14/h1-5,8-13H. The van der Waals surface area contributed by atoms with Crippen molar-refractivity contribution in [3.8, 4) is 23.1 Å². The zero-order valence-electron chi connectivity index (χ0n) is 14.1. The Kier molecular flexibility index (Phi) is 5.14. The van der Waals surface area contributed by atoms with Crippen molar-refractivity contribution < 1.29 is 26.3 Å². The van der Waals surface area contributed by atoms with E-state index in [1.807, 2.05) is 30.3 Å². The van der Waals surface area contributed by atoms with Crippen molar-refractivity contribution in [1.82, 2.24) is 4.98 Å². The van der Waals surface area contributed by atoms with Crippen molar-refractivity contribution in [3.63, 3.8) is 0 Å².